The molecule has 20 heavy (non-hydrogen) atoms. The average Bonchev–Trinajstić information content (AvgIpc) is 2.46. The summed E-state index contributed by atoms with van der Waals surface area (Å²) in [6, 6.07) is 11.5. The number of aromatic nitrogens is 1. The molecule has 104 valence electrons. The van der Waals surface area contributed by atoms with Gasteiger partial charge in [-0.25, -0.2) is 0 Å². The van der Waals surface area contributed by atoms with Crippen molar-refractivity contribution in [1.29, 1.82) is 0 Å². The Balaban J connectivity index is 2.10. The highest BCUT2D eigenvalue weighted by Gasteiger charge is 2.10. The largest absolute Gasteiger partial charge is 0.321 e. The van der Waals surface area contributed by atoms with Crippen LogP contribution in [0.5, 0.6) is 0 Å². The number of nitrogens with one attached hydrogen (secondary N) is 1. The summed E-state index contributed by atoms with van der Waals surface area (Å²) in [6.45, 7) is 1.87. The second-order valence-electron chi connectivity index (χ2n) is 4.62. The van der Waals surface area contributed by atoms with Crippen molar-refractivity contribution in [2.24, 2.45) is 0 Å². The van der Waals surface area contributed by atoms with Crippen LogP contribution in [0, 0.1) is 6.92 Å². The third-order valence-electron chi connectivity index (χ3n) is 3.01. The molecule has 2 rings (SSSR count). The number of hydrogen-bond acceptors (Lipinski definition) is 2. The van der Waals surface area contributed by atoms with Crippen molar-refractivity contribution in [3.8, 4) is 0 Å². The molecule has 0 aliphatic rings. The molecular weight excluding hydrogens is 272 g/mol. The molecule has 3 nitrogen and oxygen atoms in total. The Morgan fingerprint density at radius 3 is 2.90 bits per heavy atom. The molecule has 1 N–H and O–H groups in total. The molecule has 0 spiro atoms. The molecule has 1 amide bonds. The number of rotatable bonds is 5. The smallest absolute Gasteiger partial charge is 0.274 e. The molecule has 0 radical (unpaired) electrons. The highest BCUT2D eigenvalue weighted by atomic mass is 35.5. The number of hydrogen-bond donors (Lipinski definition) is 1. The van der Waals surface area contributed by atoms with Crippen LogP contribution in [-0.2, 0) is 6.42 Å². The third kappa shape index (κ3) is 3.81. The molecule has 0 aliphatic carbocycles. The first kappa shape index (κ1) is 14.5. The maximum absolute atomic E-state index is 12.2. The van der Waals surface area contributed by atoms with Gasteiger partial charge in [-0.3, -0.25) is 9.78 Å². The second kappa shape index (κ2) is 7.06. The Morgan fingerprint density at radius 2 is 2.15 bits per heavy atom. The van der Waals surface area contributed by atoms with Gasteiger partial charge in [-0.1, -0.05) is 18.2 Å². The first-order chi connectivity index (χ1) is 9.70. The lowest BCUT2D eigenvalue weighted by Crippen LogP contribution is -2.15. The van der Waals surface area contributed by atoms with E-state index in [4.69, 9.17) is 11.6 Å². The van der Waals surface area contributed by atoms with E-state index in [2.05, 4.69) is 10.3 Å². The van der Waals surface area contributed by atoms with Gasteiger partial charge in [0, 0.05) is 17.8 Å². The number of aryl methyl sites for hydroxylation is 2. The maximum atomic E-state index is 12.2. The van der Waals surface area contributed by atoms with Gasteiger partial charge in [0.15, 0.2) is 0 Å². The summed E-state index contributed by atoms with van der Waals surface area (Å²) in [5.74, 6) is 0.460. The van der Waals surface area contributed by atoms with E-state index in [0.717, 1.165) is 24.1 Å². The molecule has 0 atom stereocenters. The number of pyridine rings is 1. The van der Waals surface area contributed by atoms with Gasteiger partial charge in [-0.05, 0) is 49.1 Å². The van der Waals surface area contributed by atoms with Crippen molar-refractivity contribution in [1.82, 2.24) is 4.98 Å². The lowest BCUT2D eigenvalue weighted by Gasteiger charge is -2.08. The van der Waals surface area contributed by atoms with Gasteiger partial charge in [0.1, 0.15) is 5.69 Å². The van der Waals surface area contributed by atoms with Crippen LogP contribution in [0.15, 0.2) is 42.6 Å². The van der Waals surface area contributed by atoms with E-state index in [-0.39, 0.29) is 5.91 Å². The maximum Gasteiger partial charge on any atom is 0.274 e. The van der Waals surface area contributed by atoms with Crippen LogP contribution in [0.4, 0.5) is 5.69 Å². The van der Waals surface area contributed by atoms with E-state index in [1.165, 1.54) is 5.56 Å². The molecule has 0 fully saturated rings. The zero-order valence-electron chi connectivity index (χ0n) is 11.4. The number of halogens is 1. The molecule has 1 heterocycles. The van der Waals surface area contributed by atoms with E-state index in [1.807, 2.05) is 43.3 Å². The topological polar surface area (TPSA) is 42.0 Å². The van der Waals surface area contributed by atoms with Gasteiger partial charge in [0.25, 0.3) is 5.91 Å². The van der Waals surface area contributed by atoms with Gasteiger partial charge in [-0.15, -0.1) is 11.6 Å². The van der Waals surface area contributed by atoms with Crippen molar-refractivity contribution in [2.75, 3.05) is 11.2 Å². The molecule has 1 aromatic carbocycles. The monoisotopic (exact) mass is 288 g/mol. The number of nitrogens with zero attached hydrogens (tertiary/aromatic N) is 1. The zero-order valence-corrected chi connectivity index (χ0v) is 12.2. The van der Waals surface area contributed by atoms with Crippen molar-refractivity contribution >= 4 is 23.2 Å². The quantitative estimate of drug-likeness (QED) is 0.850. The number of amides is 1. The van der Waals surface area contributed by atoms with Gasteiger partial charge in [0.05, 0.1) is 0 Å². The Kier molecular flexibility index (Phi) is 5.13. The summed E-state index contributed by atoms with van der Waals surface area (Å²) in [6.07, 6.45) is 3.47. The Morgan fingerprint density at radius 1 is 1.30 bits per heavy atom. The van der Waals surface area contributed by atoms with E-state index in [9.17, 15) is 4.79 Å². The normalized spacial score (nSPS) is 10.3. The Labute approximate surface area is 124 Å². The molecule has 0 saturated heterocycles. The molecule has 0 aliphatic heterocycles. The molecular formula is C16H17ClN2O. The Bertz CT molecular complexity index is 599. The number of carbonyl (C=O) groups excluding carboxylic acids is 1. The van der Waals surface area contributed by atoms with Crippen molar-refractivity contribution in [3.05, 3.63) is 59.4 Å². The highest BCUT2D eigenvalue weighted by molar-refractivity contribution is 6.17. The summed E-state index contributed by atoms with van der Waals surface area (Å²) in [7, 11) is 0. The van der Waals surface area contributed by atoms with Crippen LogP contribution < -0.4 is 5.32 Å². The lowest BCUT2D eigenvalue weighted by molar-refractivity contribution is 0.102. The minimum Gasteiger partial charge on any atom is -0.321 e. The van der Waals surface area contributed by atoms with Crippen molar-refractivity contribution in [2.45, 2.75) is 19.8 Å². The fraction of sp³-hybridized carbons (Fsp3) is 0.250. The van der Waals surface area contributed by atoms with E-state index >= 15 is 0 Å². The third-order valence-corrected chi connectivity index (χ3v) is 3.28. The average molecular weight is 289 g/mol. The van der Waals surface area contributed by atoms with Crippen LogP contribution in [-0.4, -0.2) is 16.8 Å². The van der Waals surface area contributed by atoms with Crippen LogP contribution in [0.3, 0.4) is 0 Å². The fourth-order valence-corrected chi connectivity index (χ4v) is 2.12. The first-order valence-corrected chi connectivity index (χ1v) is 7.12. The number of alkyl halides is 1. The van der Waals surface area contributed by atoms with E-state index in [0.29, 0.717) is 11.6 Å². The fourth-order valence-electron chi connectivity index (χ4n) is 1.99. The molecule has 0 bridgehead atoms. The van der Waals surface area contributed by atoms with Gasteiger partial charge >= 0.3 is 0 Å². The Hall–Kier alpha value is -1.87. The molecule has 2 aromatic rings. The van der Waals surface area contributed by atoms with E-state index in [1.54, 1.807) is 6.20 Å². The SMILES string of the molecule is Cc1cccnc1C(=O)Nc1cccc(CCCCl)c1. The van der Waals surface area contributed by atoms with Gasteiger partial charge in [-0.2, -0.15) is 0 Å². The first-order valence-electron chi connectivity index (χ1n) is 6.58. The zero-order chi connectivity index (χ0) is 14.4. The predicted octanol–water partition coefficient (Wildman–Crippen LogP) is 3.81. The van der Waals surface area contributed by atoms with Crippen LogP contribution in [0.2, 0.25) is 0 Å². The van der Waals surface area contributed by atoms with Crippen LogP contribution in [0.1, 0.15) is 28.0 Å². The standard InChI is InChI=1S/C16H17ClN2O/c1-12-5-4-10-18-15(12)16(20)19-14-8-2-6-13(11-14)7-3-9-17/h2,4-6,8,10-11H,3,7,9H2,1H3,(H,19,20). The van der Waals surface area contributed by atoms with Crippen LogP contribution >= 0.6 is 11.6 Å². The summed E-state index contributed by atoms with van der Waals surface area (Å²) in [5.41, 5.74) is 3.27. The second-order valence-corrected chi connectivity index (χ2v) is 4.99. The number of anilines is 1. The van der Waals surface area contributed by atoms with Crippen molar-refractivity contribution < 1.29 is 4.79 Å². The highest BCUT2D eigenvalue weighted by Crippen LogP contribution is 2.14. The van der Waals surface area contributed by atoms with Crippen LogP contribution in [0.25, 0.3) is 0 Å². The summed E-state index contributed by atoms with van der Waals surface area (Å²) >= 11 is 5.69. The molecule has 4 heteroatoms. The molecule has 0 unspecified atom stereocenters. The molecule has 0 saturated carbocycles. The summed E-state index contributed by atoms with van der Waals surface area (Å²) < 4.78 is 0. The van der Waals surface area contributed by atoms with Gasteiger partial charge < -0.3 is 5.32 Å². The van der Waals surface area contributed by atoms with E-state index < -0.39 is 0 Å². The summed E-state index contributed by atoms with van der Waals surface area (Å²) in [5, 5.41) is 2.88. The minimum absolute atomic E-state index is 0.183. The minimum atomic E-state index is -0.183. The van der Waals surface area contributed by atoms with Gasteiger partial charge in [0.2, 0.25) is 0 Å². The molecule has 1 aromatic heterocycles. The number of benzene rings is 1. The van der Waals surface area contributed by atoms with Crippen molar-refractivity contribution in [3.63, 3.8) is 0 Å². The predicted molar refractivity (Wildman–Crippen MR) is 82.4 cm³/mol. The lowest BCUT2D eigenvalue weighted by atomic mass is 10.1. The summed E-state index contributed by atoms with van der Waals surface area (Å²) in [4.78, 5) is 16.3. The number of carbonyl (C=O) groups is 1.